The third-order valence-electron chi connectivity index (χ3n) is 2.57. The molecule has 0 saturated carbocycles. The molecule has 0 unspecified atom stereocenters. The van der Waals surface area contributed by atoms with Crippen LogP contribution in [0.3, 0.4) is 0 Å². The van der Waals surface area contributed by atoms with Gasteiger partial charge in [-0.1, -0.05) is 24.0 Å². The van der Waals surface area contributed by atoms with Crippen molar-refractivity contribution < 1.29 is 9.53 Å². The summed E-state index contributed by atoms with van der Waals surface area (Å²) in [5.74, 6) is 6.60. The molecule has 1 N–H and O–H groups in total. The third kappa shape index (κ3) is 3.36. The van der Waals surface area contributed by atoms with E-state index < -0.39 is 0 Å². The number of pyridine rings is 1. The highest BCUT2D eigenvalue weighted by molar-refractivity contribution is 5.90. The second-order valence-corrected chi connectivity index (χ2v) is 4.05. The van der Waals surface area contributed by atoms with Gasteiger partial charge in [-0.15, -0.1) is 0 Å². The van der Waals surface area contributed by atoms with Gasteiger partial charge in [0.05, 0.1) is 23.9 Å². The summed E-state index contributed by atoms with van der Waals surface area (Å²) in [5.41, 5.74) is 2.09. The van der Waals surface area contributed by atoms with Crippen molar-refractivity contribution in [1.82, 2.24) is 4.98 Å². The Labute approximate surface area is 117 Å². The molecule has 1 heterocycles. The number of hydrogen-bond donors (Lipinski definition) is 1. The molecule has 1 aromatic carbocycles. The van der Waals surface area contributed by atoms with Gasteiger partial charge in [-0.05, 0) is 18.2 Å². The lowest BCUT2D eigenvalue weighted by Gasteiger charge is -2.04. The van der Waals surface area contributed by atoms with Gasteiger partial charge in [-0.2, -0.15) is 0 Å². The second-order valence-electron chi connectivity index (χ2n) is 4.05. The summed E-state index contributed by atoms with van der Waals surface area (Å²) >= 11 is 0. The second kappa shape index (κ2) is 6.39. The van der Waals surface area contributed by atoms with E-state index in [1.54, 1.807) is 25.6 Å². The number of rotatable bonds is 2. The number of nitrogens with one attached hydrogen (secondary N) is 1. The summed E-state index contributed by atoms with van der Waals surface area (Å²) in [5, 5.41) is 2.73. The van der Waals surface area contributed by atoms with Crippen LogP contribution in [0.15, 0.2) is 42.7 Å². The number of hydrogen-bond acceptors (Lipinski definition) is 3. The van der Waals surface area contributed by atoms with E-state index in [9.17, 15) is 4.79 Å². The monoisotopic (exact) mass is 266 g/mol. The standard InChI is InChI=1S/C16H14N2O2/c1-12(19)18-15-9-10-17-11-14(15)8-7-13-5-3-4-6-16(13)20-2/h3-6,9-11H,1-2H3,(H,17,18,19). The summed E-state index contributed by atoms with van der Waals surface area (Å²) in [6, 6.07) is 9.22. The van der Waals surface area contributed by atoms with Crippen LogP contribution in [-0.4, -0.2) is 18.0 Å². The highest BCUT2D eigenvalue weighted by Crippen LogP contribution is 2.17. The fourth-order valence-electron chi connectivity index (χ4n) is 1.68. The molecule has 1 aromatic heterocycles. The van der Waals surface area contributed by atoms with E-state index in [4.69, 9.17) is 4.74 Å². The van der Waals surface area contributed by atoms with E-state index in [2.05, 4.69) is 22.1 Å². The Kier molecular flexibility index (Phi) is 4.35. The maximum atomic E-state index is 11.1. The molecule has 0 aliphatic rings. The minimum absolute atomic E-state index is 0.142. The SMILES string of the molecule is COc1ccccc1C#Cc1cnccc1NC(C)=O. The molecule has 100 valence electrons. The number of aromatic nitrogens is 1. The molecule has 0 spiro atoms. The fraction of sp³-hybridized carbons (Fsp3) is 0.125. The van der Waals surface area contributed by atoms with E-state index in [1.165, 1.54) is 6.92 Å². The predicted octanol–water partition coefficient (Wildman–Crippen LogP) is 2.45. The summed E-state index contributed by atoms with van der Waals surface area (Å²) in [4.78, 5) is 15.2. The van der Waals surface area contributed by atoms with Gasteiger partial charge in [0.15, 0.2) is 0 Å². The number of carbonyl (C=O) groups is 1. The Morgan fingerprint density at radius 2 is 1.95 bits per heavy atom. The lowest BCUT2D eigenvalue weighted by Crippen LogP contribution is -2.07. The number of anilines is 1. The summed E-state index contributed by atoms with van der Waals surface area (Å²) in [7, 11) is 1.60. The number of benzene rings is 1. The molecule has 20 heavy (non-hydrogen) atoms. The molecule has 0 aliphatic heterocycles. The van der Waals surface area contributed by atoms with Crippen LogP contribution in [0.25, 0.3) is 0 Å². The molecule has 0 saturated heterocycles. The minimum atomic E-state index is -0.142. The van der Waals surface area contributed by atoms with E-state index in [1.807, 2.05) is 24.3 Å². The van der Waals surface area contributed by atoms with Crippen LogP contribution >= 0.6 is 0 Å². The van der Waals surface area contributed by atoms with Gasteiger partial charge in [-0.3, -0.25) is 9.78 Å². The number of nitrogens with zero attached hydrogens (tertiary/aromatic N) is 1. The molecule has 0 aliphatic carbocycles. The smallest absolute Gasteiger partial charge is 0.221 e. The Morgan fingerprint density at radius 1 is 1.20 bits per heavy atom. The van der Waals surface area contributed by atoms with Crippen LogP contribution < -0.4 is 10.1 Å². The van der Waals surface area contributed by atoms with Crippen molar-refractivity contribution in [3.63, 3.8) is 0 Å². The fourth-order valence-corrected chi connectivity index (χ4v) is 1.68. The molecule has 4 heteroatoms. The normalized spacial score (nSPS) is 9.30. The van der Waals surface area contributed by atoms with Gasteiger partial charge in [-0.25, -0.2) is 0 Å². The molecular weight excluding hydrogens is 252 g/mol. The summed E-state index contributed by atoms with van der Waals surface area (Å²) in [6.45, 7) is 1.46. The summed E-state index contributed by atoms with van der Waals surface area (Å²) < 4.78 is 5.24. The Bertz CT molecular complexity index is 684. The van der Waals surface area contributed by atoms with Crippen LogP contribution in [0.2, 0.25) is 0 Å². The largest absolute Gasteiger partial charge is 0.495 e. The summed E-state index contributed by atoms with van der Waals surface area (Å²) in [6.07, 6.45) is 3.23. The molecule has 0 atom stereocenters. The Hall–Kier alpha value is -2.80. The maximum Gasteiger partial charge on any atom is 0.221 e. The molecule has 0 radical (unpaired) electrons. The van der Waals surface area contributed by atoms with E-state index in [0.717, 1.165) is 5.56 Å². The molecule has 4 nitrogen and oxygen atoms in total. The highest BCUT2D eigenvalue weighted by Gasteiger charge is 2.02. The van der Waals surface area contributed by atoms with Crippen LogP contribution in [0.5, 0.6) is 5.75 Å². The number of amides is 1. The average Bonchev–Trinajstić information content (AvgIpc) is 2.46. The lowest BCUT2D eigenvalue weighted by molar-refractivity contribution is -0.114. The van der Waals surface area contributed by atoms with Gasteiger partial charge < -0.3 is 10.1 Å². The first kappa shape index (κ1) is 13.6. The van der Waals surface area contributed by atoms with Crippen molar-refractivity contribution in [1.29, 1.82) is 0 Å². The van der Waals surface area contributed by atoms with Crippen LogP contribution in [-0.2, 0) is 4.79 Å². The van der Waals surface area contributed by atoms with Crippen molar-refractivity contribution in [3.05, 3.63) is 53.9 Å². The molecule has 0 fully saturated rings. The molecular formula is C16H14N2O2. The first-order valence-corrected chi connectivity index (χ1v) is 6.07. The van der Waals surface area contributed by atoms with E-state index >= 15 is 0 Å². The number of carbonyl (C=O) groups excluding carboxylic acids is 1. The van der Waals surface area contributed by atoms with Crippen molar-refractivity contribution >= 4 is 11.6 Å². The highest BCUT2D eigenvalue weighted by atomic mass is 16.5. The van der Waals surface area contributed by atoms with Gasteiger partial charge >= 0.3 is 0 Å². The van der Waals surface area contributed by atoms with Gasteiger partial charge in [0, 0.05) is 19.3 Å². The zero-order valence-corrected chi connectivity index (χ0v) is 11.3. The van der Waals surface area contributed by atoms with Gasteiger partial charge in [0.2, 0.25) is 5.91 Å². The number of para-hydroxylation sites is 1. The minimum Gasteiger partial charge on any atom is -0.495 e. The molecule has 1 amide bonds. The first-order chi connectivity index (χ1) is 9.70. The molecule has 2 aromatic rings. The Morgan fingerprint density at radius 3 is 2.70 bits per heavy atom. The van der Waals surface area contributed by atoms with Crippen molar-refractivity contribution in [2.24, 2.45) is 0 Å². The van der Waals surface area contributed by atoms with Gasteiger partial charge in [0.25, 0.3) is 0 Å². The van der Waals surface area contributed by atoms with Crippen LogP contribution in [0, 0.1) is 11.8 Å². The van der Waals surface area contributed by atoms with Crippen LogP contribution in [0.4, 0.5) is 5.69 Å². The van der Waals surface area contributed by atoms with Crippen molar-refractivity contribution in [3.8, 4) is 17.6 Å². The average molecular weight is 266 g/mol. The first-order valence-electron chi connectivity index (χ1n) is 6.07. The quantitative estimate of drug-likeness (QED) is 0.849. The predicted molar refractivity (Wildman–Crippen MR) is 77.5 cm³/mol. The maximum absolute atomic E-state index is 11.1. The topological polar surface area (TPSA) is 51.2 Å². The lowest BCUT2D eigenvalue weighted by atomic mass is 10.1. The van der Waals surface area contributed by atoms with E-state index in [0.29, 0.717) is 17.0 Å². The van der Waals surface area contributed by atoms with Crippen molar-refractivity contribution in [2.75, 3.05) is 12.4 Å². The third-order valence-corrected chi connectivity index (χ3v) is 2.57. The number of ether oxygens (including phenoxy) is 1. The Balaban J connectivity index is 2.35. The zero-order valence-electron chi connectivity index (χ0n) is 11.3. The number of methoxy groups -OCH3 is 1. The van der Waals surface area contributed by atoms with Crippen LogP contribution in [0.1, 0.15) is 18.1 Å². The van der Waals surface area contributed by atoms with E-state index in [-0.39, 0.29) is 5.91 Å². The molecule has 0 bridgehead atoms. The van der Waals surface area contributed by atoms with Gasteiger partial charge in [0.1, 0.15) is 5.75 Å². The zero-order chi connectivity index (χ0) is 14.4. The van der Waals surface area contributed by atoms with Crippen molar-refractivity contribution in [2.45, 2.75) is 6.92 Å². The molecule has 2 rings (SSSR count).